The first kappa shape index (κ1) is 12.0. The Balaban J connectivity index is 2.28. The molecule has 90 valence electrons. The molecular weight excluding hydrogens is 236 g/mol. The summed E-state index contributed by atoms with van der Waals surface area (Å²) in [5.74, 6) is 0. The molecule has 1 heterocycles. The first-order chi connectivity index (χ1) is 8.08. The first-order valence-electron chi connectivity index (χ1n) is 5.59. The molecule has 0 spiro atoms. The Labute approximate surface area is 105 Å². The van der Waals surface area contributed by atoms with Gasteiger partial charge in [0.05, 0.1) is 6.54 Å². The van der Waals surface area contributed by atoms with Crippen LogP contribution in [0.15, 0.2) is 41.5 Å². The van der Waals surface area contributed by atoms with Gasteiger partial charge in [-0.25, -0.2) is 4.79 Å². The smallest absolute Gasteiger partial charge is 0.297 e. The highest BCUT2D eigenvalue weighted by atomic mass is 35.5. The predicted molar refractivity (Wildman–Crippen MR) is 69.6 cm³/mol. The number of imidazole rings is 1. The largest absolute Gasteiger partial charge is 0.328 e. The van der Waals surface area contributed by atoms with Gasteiger partial charge in [-0.15, -0.1) is 0 Å². The zero-order chi connectivity index (χ0) is 12.4. The van der Waals surface area contributed by atoms with Gasteiger partial charge >= 0.3 is 5.69 Å². The summed E-state index contributed by atoms with van der Waals surface area (Å²) >= 11 is 5.91. The molecule has 4 heteroatoms. The van der Waals surface area contributed by atoms with Gasteiger partial charge in [0.1, 0.15) is 0 Å². The molecule has 0 unspecified atom stereocenters. The van der Waals surface area contributed by atoms with Gasteiger partial charge in [-0.2, -0.15) is 0 Å². The molecule has 1 aromatic heterocycles. The van der Waals surface area contributed by atoms with Crippen LogP contribution in [0.1, 0.15) is 25.5 Å². The predicted octanol–water partition coefficient (Wildman–Crippen LogP) is 2.93. The van der Waals surface area contributed by atoms with E-state index >= 15 is 0 Å². The van der Waals surface area contributed by atoms with Crippen molar-refractivity contribution < 1.29 is 0 Å². The highest BCUT2D eigenvalue weighted by Gasteiger charge is 2.06. The van der Waals surface area contributed by atoms with Crippen LogP contribution < -0.4 is 5.69 Å². The zero-order valence-electron chi connectivity index (χ0n) is 9.93. The van der Waals surface area contributed by atoms with Crippen molar-refractivity contribution in [3.8, 4) is 0 Å². The lowest BCUT2D eigenvalue weighted by Crippen LogP contribution is -2.25. The van der Waals surface area contributed by atoms with E-state index in [0.717, 1.165) is 5.56 Å². The van der Waals surface area contributed by atoms with Crippen LogP contribution in [-0.2, 0) is 6.54 Å². The van der Waals surface area contributed by atoms with Crippen LogP contribution in [0, 0.1) is 0 Å². The quantitative estimate of drug-likeness (QED) is 0.823. The second kappa shape index (κ2) is 4.80. The summed E-state index contributed by atoms with van der Waals surface area (Å²) in [7, 11) is 0. The van der Waals surface area contributed by atoms with E-state index in [0.29, 0.717) is 11.6 Å². The van der Waals surface area contributed by atoms with E-state index in [9.17, 15) is 4.79 Å². The number of hydrogen-bond donors (Lipinski definition) is 0. The van der Waals surface area contributed by atoms with Crippen molar-refractivity contribution >= 4 is 11.6 Å². The minimum Gasteiger partial charge on any atom is -0.297 e. The van der Waals surface area contributed by atoms with Crippen LogP contribution in [0.4, 0.5) is 0 Å². The maximum atomic E-state index is 12.0. The fourth-order valence-corrected chi connectivity index (χ4v) is 1.99. The summed E-state index contributed by atoms with van der Waals surface area (Å²) in [6.45, 7) is 4.54. The normalized spacial score (nSPS) is 11.1. The lowest BCUT2D eigenvalue weighted by molar-refractivity contribution is 0.561. The van der Waals surface area contributed by atoms with Gasteiger partial charge in [-0.1, -0.05) is 23.7 Å². The van der Waals surface area contributed by atoms with Crippen LogP contribution >= 0.6 is 11.6 Å². The molecule has 2 rings (SSSR count). The third kappa shape index (κ3) is 2.61. The SMILES string of the molecule is CC(C)n1ccn(Cc2cccc(Cl)c2)c1=O. The van der Waals surface area contributed by atoms with Crippen molar-refractivity contribution in [3.63, 3.8) is 0 Å². The number of rotatable bonds is 3. The van der Waals surface area contributed by atoms with Crippen LogP contribution in [0.5, 0.6) is 0 Å². The van der Waals surface area contributed by atoms with Crippen molar-refractivity contribution in [2.45, 2.75) is 26.4 Å². The lowest BCUT2D eigenvalue weighted by Gasteiger charge is -2.05. The van der Waals surface area contributed by atoms with Gasteiger partial charge in [0.25, 0.3) is 0 Å². The molecule has 0 N–H and O–H groups in total. The summed E-state index contributed by atoms with van der Waals surface area (Å²) in [6, 6.07) is 7.74. The van der Waals surface area contributed by atoms with Crippen molar-refractivity contribution in [3.05, 3.63) is 57.7 Å². The van der Waals surface area contributed by atoms with Crippen LogP contribution in [0.25, 0.3) is 0 Å². The summed E-state index contributed by atoms with van der Waals surface area (Å²) in [6.07, 6.45) is 3.63. The molecule has 0 bridgehead atoms. The molecule has 0 amide bonds. The van der Waals surface area contributed by atoms with E-state index in [4.69, 9.17) is 11.6 Å². The number of aromatic nitrogens is 2. The van der Waals surface area contributed by atoms with Gasteiger partial charge in [0.2, 0.25) is 0 Å². The van der Waals surface area contributed by atoms with E-state index in [-0.39, 0.29) is 11.7 Å². The van der Waals surface area contributed by atoms with Gasteiger partial charge in [-0.3, -0.25) is 9.13 Å². The highest BCUT2D eigenvalue weighted by Crippen LogP contribution is 2.11. The van der Waals surface area contributed by atoms with Gasteiger partial charge in [0, 0.05) is 23.5 Å². The maximum absolute atomic E-state index is 12.0. The number of halogens is 1. The molecule has 0 radical (unpaired) electrons. The standard InChI is InChI=1S/C13H15ClN2O/c1-10(2)16-7-6-15(13(16)17)9-11-4-3-5-12(14)8-11/h3-8,10H,9H2,1-2H3. The Bertz CT molecular complexity index is 569. The van der Waals surface area contributed by atoms with Crippen molar-refractivity contribution in [1.29, 1.82) is 0 Å². The monoisotopic (exact) mass is 250 g/mol. The summed E-state index contributed by atoms with van der Waals surface area (Å²) in [5.41, 5.74) is 1.04. The third-order valence-corrected chi connectivity index (χ3v) is 2.91. The number of benzene rings is 1. The minimum absolute atomic E-state index is 0.0139. The molecular formula is C13H15ClN2O. The molecule has 0 fully saturated rings. The molecule has 17 heavy (non-hydrogen) atoms. The molecule has 0 atom stereocenters. The van der Waals surface area contributed by atoms with Crippen LogP contribution in [0.3, 0.4) is 0 Å². The molecule has 0 aliphatic carbocycles. The van der Waals surface area contributed by atoms with Gasteiger partial charge in [-0.05, 0) is 31.5 Å². The molecule has 3 nitrogen and oxygen atoms in total. The third-order valence-electron chi connectivity index (χ3n) is 2.67. The fourth-order valence-electron chi connectivity index (χ4n) is 1.77. The zero-order valence-corrected chi connectivity index (χ0v) is 10.7. The fraction of sp³-hybridized carbons (Fsp3) is 0.308. The molecule has 0 aliphatic heterocycles. The Kier molecular flexibility index (Phi) is 3.38. The second-order valence-electron chi connectivity index (χ2n) is 4.34. The van der Waals surface area contributed by atoms with Crippen molar-refractivity contribution in [2.75, 3.05) is 0 Å². The van der Waals surface area contributed by atoms with Crippen molar-refractivity contribution in [1.82, 2.24) is 9.13 Å². The summed E-state index contributed by atoms with van der Waals surface area (Å²) < 4.78 is 3.40. The Morgan fingerprint density at radius 1 is 1.29 bits per heavy atom. The van der Waals surface area contributed by atoms with Gasteiger partial charge in [0.15, 0.2) is 0 Å². The van der Waals surface area contributed by atoms with E-state index in [1.807, 2.05) is 50.5 Å². The maximum Gasteiger partial charge on any atom is 0.328 e. The number of nitrogens with zero attached hydrogens (tertiary/aromatic N) is 2. The molecule has 0 saturated carbocycles. The Morgan fingerprint density at radius 3 is 2.65 bits per heavy atom. The van der Waals surface area contributed by atoms with E-state index < -0.39 is 0 Å². The van der Waals surface area contributed by atoms with E-state index in [1.54, 1.807) is 9.13 Å². The minimum atomic E-state index is 0.0139. The molecule has 2 aromatic rings. The van der Waals surface area contributed by atoms with Gasteiger partial charge < -0.3 is 0 Å². The molecule has 1 aromatic carbocycles. The molecule has 0 saturated heterocycles. The van der Waals surface area contributed by atoms with E-state index in [1.165, 1.54) is 0 Å². The summed E-state index contributed by atoms with van der Waals surface area (Å²) in [5, 5.41) is 0.693. The van der Waals surface area contributed by atoms with Crippen molar-refractivity contribution in [2.24, 2.45) is 0 Å². The molecule has 0 aliphatic rings. The second-order valence-corrected chi connectivity index (χ2v) is 4.78. The van der Waals surface area contributed by atoms with Crippen LogP contribution in [-0.4, -0.2) is 9.13 Å². The highest BCUT2D eigenvalue weighted by molar-refractivity contribution is 6.30. The number of hydrogen-bond acceptors (Lipinski definition) is 1. The Hall–Kier alpha value is -1.48. The van der Waals surface area contributed by atoms with E-state index in [2.05, 4.69) is 0 Å². The summed E-state index contributed by atoms with van der Waals surface area (Å²) in [4.78, 5) is 12.0. The first-order valence-corrected chi connectivity index (χ1v) is 5.97. The van der Waals surface area contributed by atoms with Crippen LogP contribution in [0.2, 0.25) is 5.02 Å². The topological polar surface area (TPSA) is 26.9 Å². The average molecular weight is 251 g/mol. The average Bonchev–Trinajstić information content (AvgIpc) is 2.61. The Morgan fingerprint density at radius 2 is 2.06 bits per heavy atom. The lowest BCUT2D eigenvalue weighted by atomic mass is 10.2.